The molecule has 26 heavy (non-hydrogen) atoms. The average molecular weight is 419 g/mol. The SMILES string of the molecule is CN(C(=O)OC(C)(C)C)c1cc(F)c(Cl)c2c1[nH]c1ncc(Cl)c(Cl)c12. The van der Waals surface area contributed by atoms with Gasteiger partial charge in [0.1, 0.15) is 17.1 Å². The van der Waals surface area contributed by atoms with Gasteiger partial charge in [-0.3, -0.25) is 4.90 Å². The van der Waals surface area contributed by atoms with Gasteiger partial charge in [0.2, 0.25) is 0 Å². The van der Waals surface area contributed by atoms with Crippen LogP contribution in [0, 0.1) is 5.82 Å². The summed E-state index contributed by atoms with van der Waals surface area (Å²) in [5.74, 6) is -0.707. The number of aromatic amines is 1. The van der Waals surface area contributed by atoms with E-state index >= 15 is 0 Å². The van der Waals surface area contributed by atoms with Crippen molar-refractivity contribution in [2.45, 2.75) is 26.4 Å². The number of amides is 1. The first kappa shape index (κ1) is 19.0. The summed E-state index contributed by atoms with van der Waals surface area (Å²) in [5.41, 5.74) is 0.312. The first-order chi connectivity index (χ1) is 12.0. The number of hydrogen-bond acceptors (Lipinski definition) is 3. The molecule has 0 unspecified atom stereocenters. The van der Waals surface area contributed by atoms with Crippen molar-refractivity contribution < 1.29 is 13.9 Å². The molecule has 3 aromatic rings. The maximum Gasteiger partial charge on any atom is 0.414 e. The number of nitrogens with one attached hydrogen (secondary N) is 1. The Kier molecular flexibility index (Phi) is 4.71. The quantitative estimate of drug-likeness (QED) is 0.513. The van der Waals surface area contributed by atoms with Gasteiger partial charge in [-0.05, 0) is 20.8 Å². The number of benzene rings is 1. The van der Waals surface area contributed by atoms with Crippen LogP contribution in [0.15, 0.2) is 12.3 Å². The Morgan fingerprint density at radius 2 is 1.88 bits per heavy atom. The molecule has 0 saturated heterocycles. The molecule has 0 aliphatic carbocycles. The molecule has 3 rings (SSSR count). The zero-order valence-corrected chi connectivity index (χ0v) is 16.6. The first-order valence-corrected chi connectivity index (χ1v) is 8.74. The third-order valence-corrected chi connectivity index (χ3v) is 4.84. The fourth-order valence-electron chi connectivity index (χ4n) is 2.57. The van der Waals surface area contributed by atoms with Gasteiger partial charge in [0.25, 0.3) is 0 Å². The molecule has 0 aliphatic rings. The number of ether oxygens (including phenoxy) is 1. The summed E-state index contributed by atoms with van der Waals surface area (Å²) in [4.78, 5) is 20.8. The van der Waals surface area contributed by atoms with Crippen molar-refractivity contribution in [3.8, 4) is 0 Å². The van der Waals surface area contributed by atoms with Crippen molar-refractivity contribution in [2.24, 2.45) is 0 Å². The van der Waals surface area contributed by atoms with Gasteiger partial charge in [-0.25, -0.2) is 14.2 Å². The molecule has 0 aliphatic heterocycles. The van der Waals surface area contributed by atoms with Gasteiger partial charge in [-0.15, -0.1) is 0 Å². The van der Waals surface area contributed by atoms with E-state index in [1.807, 2.05) is 0 Å². The Hall–Kier alpha value is -1.76. The van der Waals surface area contributed by atoms with E-state index in [2.05, 4.69) is 9.97 Å². The van der Waals surface area contributed by atoms with E-state index in [-0.39, 0.29) is 20.8 Å². The van der Waals surface area contributed by atoms with Crippen molar-refractivity contribution in [3.63, 3.8) is 0 Å². The average Bonchev–Trinajstić information content (AvgIpc) is 2.92. The standard InChI is InChI=1S/C17H15Cl3FN3O2/c1-17(2,3)26-16(25)24(4)9-5-8(21)13(20)10-11-12(19)7(18)6-22-15(11)23-14(9)10/h5-6H,1-4H3,(H,22,23). The van der Waals surface area contributed by atoms with Crippen LogP contribution in [0.25, 0.3) is 21.9 Å². The van der Waals surface area contributed by atoms with Crippen molar-refractivity contribution >= 4 is 68.5 Å². The number of carbonyl (C=O) groups excluding carboxylic acids is 1. The number of hydrogen-bond donors (Lipinski definition) is 1. The third kappa shape index (κ3) is 3.17. The van der Waals surface area contributed by atoms with Crippen LogP contribution in [0.3, 0.4) is 0 Å². The van der Waals surface area contributed by atoms with E-state index < -0.39 is 17.5 Å². The number of anilines is 1. The molecule has 0 radical (unpaired) electrons. The van der Waals surface area contributed by atoms with Crippen LogP contribution in [0.4, 0.5) is 14.9 Å². The normalized spacial score (nSPS) is 12.0. The number of aromatic nitrogens is 2. The van der Waals surface area contributed by atoms with Crippen molar-refractivity contribution in [1.29, 1.82) is 0 Å². The Labute approximate surface area is 164 Å². The summed E-state index contributed by atoms with van der Waals surface area (Å²) >= 11 is 18.5. The number of H-pyrrole nitrogens is 1. The van der Waals surface area contributed by atoms with Crippen molar-refractivity contribution in [1.82, 2.24) is 9.97 Å². The third-order valence-electron chi connectivity index (χ3n) is 3.69. The van der Waals surface area contributed by atoms with Crippen LogP contribution >= 0.6 is 34.8 Å². The zero-order valence-electron chi connectivity index (χ0n) is 14.4. The molecule has 0 spiro atoms. The maximum absolute atomic E-state index is 14.5. The van der Waals surface area contributed by atoms with E-state index in [4.69, 9.17) is 39.5 Å². The fraction of sp³-hybridized carbons (Fsp3) is 0.294. The molecule has 0 fully saturated rings. The zero-order chi connectivity index (χ0) is 19.4. The Morgan fingerprint density at radius 3 is 2.50 bits per heavy atom. The molecule has 1 amide bonds. The monoisotopic (exact) mass is 417 g/mol. The lowest BCUT2D eigenvalue weighted by Crippen LogP contribution is -2.34. The number of pyridine rings is 1. The lowest BCUT2D eigenvalue weighted by molar-refractivity contribution is 0.0589. The summed E-state index contributed by atoms with van der Waals surface area (Å²) < 4.78 is 19.8. The minimum Gasteiger partial charge on any atom is -0.443 e. The van der Waals surface area contributed by atoms with Gasteiger partial charge in [0.15, 0.2) is 0 Å². The molecule has 2 heterocycles. The smallest absolute Gasteiger partial charge is 0.414 e. The van der Waals surface area contributed by atoms with Crippen LogP contribution in [0.5, 0.6) is 0 Å². The number of nitrogens with zero attached hydrogens (tertiary/aromatic N) is 2. The van der Waals surface area contributed by atoms with E-state index in [9.17, 15) is 9.18 Å². The summed E-state index contributed by atoms with van der Waals surface area (Å²) in [5, 5.41) is 0.951. The van der Waals surface area contributed by atoms with Crippen LogP contribution in [-0.2, 0) is 4.74 Å². The van der Waals surface area contributed by atoms with Crippen molar-refractivity contribution in [3.05, 3.63) is 33.1 Å². The fourth-order valence-corrected chi connectivity index (χ4v) is 3.19. The maximum atomic E-state index is 14.5. The molecule has 2 aromatic heterocycles. The molecular weight excluding hydrogens is 404 g/mol. The van der Waals surface area contributed by atoms with Gasteiger partial charge < -0.3 is 9.72 Å². The lowest BCUT2D eigenvalue weighted by atomic mass is 10.1. The predicted octanol–water partition coefficient (Wildman–Crippen LogP) is 6.19. The predicted molar refractivity (Wildman–Crippen MR) is 103 cm³/mol. The number of fused-ring (bicyclic) bond motifs is 3. The minimum absolute atomic E-state index is 0.140. The molecule has 1 N–H and O–H groups in total. The van der Waals surface area contributed by atoms with E-state index in [0.717, 1.165) is 6.07 Å². The Balaban J connectivity index is 2.29. The second-order valence-electron chi connectivity index (χ2n) is 6.75. The van der Waals surface area contributed by atoms with Crippen LogP contribution in [-0.4, -0.2) is 28.7 Å². The molecule has 9 heteroatoms. The summed E-state index contributed by atoms with van der Waals surface area (Å²) in [6.07, 6.45) is 0.736. The summed E-state index contributed by atoms with van der Waals surface area (Å²) in [6.45, 7) is 5.22. The van der Waals surface area contributed by atoms with E-state index in [1.54, 1.807) is 20.8 Å². The minimum atomic E-state index is -0.707. The van der Waals surface area contributed by atoms with Gasteiger partial charge in [0, 0.05) is 30.1 Å². The van der Waals surface area contributed by atoms with Gasteiger partial charge in [-0.1, -0.05) is 34.8 Å². The second-order valence-corrected chi connectivity index (χ2v) is 7.91. The van der Waals surface area contributed by atoms with Crippen LogP contribution in [0.2, 0.25) is 15.1 Å². The van der Waals surface area contributed by atoms with Crippen LogP contribution < -0.4 is 4.90 Å². The molecule has 138 valence electrons. The van der Waals surface area contributed by atoms with Gasteiger partial charge >= 0.3 is 6.09 Å². The highest BCUT2D eigenvalue weighted by molar-refractivity contribution is 6.48. The largest absolute Gasteiger partial charge is 0.443 e. The number of carbonyl (C=O) groups is 1. The highest BCUT2D eigenvalue weighted by atomic mass is 35.5. The lowest BCUT2D eigenvalue weighted by Gasteiger charge is -2.25. The van der Waals surface area contributed by atoms with Crippen LogP contribution in [0.1, 0.15) is 20.8 Å². The molecule has 5 nitrogen and oxygen atoms in total. The molecule has 0 atom stereocenters. The highest BCUT2D eigenvalue weighted by Crippen LogP contribution is 2.42. The van der Waals surface area contributed by atoms with Crippen molar-refractivity contribution in [2.75, 3.05) is 11.9 Å². The summed E-state index contributed by atoms with van der Waals surface area (Å²) in [7, 11) is 1.48. The first-order valence-electron chi connectivity index (χ1n) is 7.61. The van der Waals surface area contributed by atoms with Gasteiger partial charge in [-0.2, -0.15) is 0 Å². The number of rotatable bonds is 1. The van der Waals surface area contributed by atoms with Gasteiger partial charge in [0.05, 0.1) is 26.3 Å². The van der Waals surface area contributed by atoms with E-state index in [1.165, 1.54) is 18.1 Å². The Morgan fingerprint density at radius 1 is 1.23 bits per heavy atom. The topological polar surface area (TPSA) is 58.2 Å². The van der Waals surface area contributed by atoms with E-state index in [0.29, 0.717) is 21.9 Å². The highest BCUT2D eigenvalue weighted by Gasteiger charge is 2.26. The number of halogens is 4. The second kappa shape index (κ2) is 6.44. The summed E-state index contributed by atoms with van der Waals surface area (Å²) in [6, 6.07) is 1.15. The molecule has 0 saturated carbocycles. The molecular formula is C17H15Cl3FN3O2. The molecule has 1 aromatic carbocycles. The molecule has 0 bridgehead atoms. The Bertz CT molecular complexity index is 1040.